The third-order valence-electron chi connectivity index (χ3n) is 3.46. The Morgan fingerprint density at radius 3 is 1.88 bits per heavy atom. The molecule has 5 heteroatoms. The van der Waals surface area contributed by atoms with E-state index in [4.69, 9.17) is 9.31 Å². The van der Waals surface area contributed by atoms with Gasteiger partial charge in [0.15, 0.2) is 0 Å². The van der Waals surface area contributed by atoms with Crippen LogP contribution in [0.5, 0.6) is 0 Å². The zero-order valence-corrected chi connectivity index (χ0v) is 10.8. The molecule has 1 heterocycles. The molecule has 0 aromatic heterocycles. The van der Waals surface area contributed by atoms with E-state index in [0.717, 1.165) is 0 Å². The van der Waals surface area contributed by atoms with Gasteiger partial charge in [-0.25, -0.2) is 4.39 Å². The van der Waals surface area contributed by atoms with Crippen LogP contribution in [-0.2, 0) is 9.31 Å². The Labute approximate surface area is 96.8 Å². The number of rotatable bonds is 2. The Morgan fingerprint density at radius 1 is 1.19 bits per heavy atom. The molecule has 1 aliphatic heterocycles. The number of hydrogen-bond donors (Lipinski definition) is 1. The molecule has 1 fully saturated rings. The van der Waals surface area contributed by atoms with Gasteiger partial charge in [0, 0.05) is 0 Å². The van der Waals surface area contributed by atoms with Crippen LogP contribution in [0.4, 0.5) is 4.39 Å². The topological polar surface area (TPSA) is 38.7 Å². The number of aliphatic hydroxyl groups excluding tert-OH is 1. The van der Waals surface area contributed by atoms with Crippen LogP contribution in [-0.4, -0.2) is 29.5 Å². The highest BCUT2D eigenvalue weighted by Crippen LogP contribution is 2.39. The summed E-state index contributed by atoms with van der Waals surface area (Å²) in [6.45, 7) is 10.5. The summed E-state index contributed by atoms with van der Waals surface area (Å²) in [6, 6.07) is 0. The standard InChI is InChI=1S/C11H20BFO3/c1-7(8(2)14)9(13)12-15-10(3,4)11(5,6)16-12/h8,14H,1-6H3. The van der Waals surface area contributed by atoms with E-state index < -0.39 is 30.2 Å². The fourth-order valence-corrected chi connectivity index (χ4v) is 1.33. The lowest BCUT2D eigenvalue weighted by Crippen LogP contribution is -2.41. The maximum atomic E-state index is 13.9. The first-order valence-corrected chi connectivity index (χ1v) is 5.48. The van der Waals surface area contributed by atoms with Crippen molar-refractivity contribution in [3.63, 3.8) is 0 Å². The predicted octanol–water partition coefficient (Wildman–Crippen LogP) is 2.24. The first-order chi connectivity index (χ1) is 7.08. The van der Waals surface area contributed by atoms with Gasteiger partial charge >= 0.3 is 7.12 Å². The molecule has 16 heavy (non-hydrogen) atoms. The summed E-state index contributed by atoms with van der Waals surface area (Å²) in [5.41, 5.74) is -1.41. The van der Waals surface area contributed by atoms with Crippen LogP contribution in [0.3, 0.4) is 0 Å². The average Bonchev–Trinajstić information content (AvgIpc) is 2.33. The van der Waals surface area contributed by atoms with Crippen molar-refractivity contribution in [2.75, 3.05) is 0 Å². The van der Waals surface area contributed by atoms with Crippen LogP contribution in [0.2, 0.25) is 0 Å². The highest BCUT2D eigenvalue weighted by atomic mass is 19.1. The van der Waals surface area contributed by atoms with Gasteiger partial charge in [0.1, 0.15) is 5.73 Å². The van der Waals surface area contributed by atoms with Crippen molar-refractivity contribution in [3.8, 4) is 0 Å². The Morgan fingerprint density at radius 2 is 1.56 bits per heavy atom. The molecule has 1 unspecified atom stereocenters. The van der Waals surface area contributed by atoms with Gasteiger partial charge in [-0.1, -0.05) is 0 Å². The summed E-state index contributed by atoms with van der Waals surface area (Å²) < 4.78 is 25.0. The summed E-state index contributed by atoms with van der Waals surface area (Å²) in [7, 11) is -1.01. The second-order valence-corrected chi connectivity index (χ2v) is 5.30. The van der Waals surface area contributed by atoms with Crippen LogP contribution >= 0.6 is 0 Å². The molecule has 1 atom stereocenters. The van der Waals surface area contributed by atoms with Crippen molar-refractivity contribution < 1.29 is 18.8 Å². The molecule has 0 bridgehead atoms. The van der Waals surface area contributed by atoms with E-state index in [1.807, 2.05) is 27.7 Å². The third kappa shape index (κ3) is 2.31. The molecule has 1 N–H and O–H groups in total. The van der Waals surface area contributed by atoms with E-state index in [1.54, 1.807) is 0 Å². The van der Waals surface area contributed by atoms with E-state index in [1.165, 1.54) is 13.8 Å². The normalized spacial score (nSPS) is 26.6. The van der Waals surface area contributed by atoms with E-state index in [0.29, 0.717) is 0 Å². The monoisotopic (exact) mass is 230 g/mol. The minimum absolute atomic E-state index is 0.249. The summed E-state index contributed by atoms with van der Waals surface area (Å²) in [6.07, 6.45) is -0.834. The fraction of sp³-hybridized carbons (Fsp3) is 0.818. The van der Waals surface area contributed by atoms with Crippen molar-refractivity contribution >= 4 is 7.12 Å². The molecule has 0 aromatic rings. The summed E-state index contributed by atoms with van der Waals surface area (Å²) >= 11 is 0. The van der Waals surface area contributed by atoms with Crippen molar-refractivity contribution in [3.05, 3.63) is 11.3 Å². The van der Waals surface area contributed by atoms with Gasteiger partial charge in [-0.2, -0.15) is 0 Å². The number of aliphatic hydroxyl groups is 1. The van der Waals surface area contributed by atoms with Crippen LogP contribution in [0.1, 0.15) is 41.5 Å². The molecule has 1 rings (SSSR count). The zero-order valence-electron chi connectivity index (χ0n) is 10.8. The van der Waals surface area contributed by atoms with Crippen molar-refractivity contribution in [1.82, 2.24) is 0 Å². The maximum Gasteiger partial charge on any atom is 0.525 e. The fourth-order valence-electron chi connectivity index (χ4n) is 1.33. The Bertz CT molecular complexity index is 294. The summed E-state index contributed by atoms with van der Waals surface area (Å²) in [5, 5.41) is 9.30. The van der Waals surface area contributed by atoms with Gasteiger partial charge in [-0.3, -0.25) is 0 Å². The van der Waals surface area contributed by atoms with Crippen LogP contribution in [0, 0.1) is 0 Å². The molecule has 1 saturated heterocycles. The number of hydrogen-bond acceptors (Lipinski definition) is 3. The van der Waals surface area contributed by atoms with Crippen molar-refractivity contribution in [2.24, 2.45) is 0 Å². The SMILES string of the molecule is CC(=C(F)B1OC(C)(C)C(C)(C)O1)C(C)O. The molecule has 1 aliphatic rings. The second kappa shape index (κ2) is 4.13. The first-order valence-electron chi connectivity index (χ1n) is 5.48. The van der Waals surface area contributed by atoms with Gasteiger partial charge in [0.2, 0.25) is 0 Å². The molecule has 0 radical (unpaired) electrons. The molecule has 0 aliphatic carbocycles. The minimum Gasteiger partial charge on any atom is -0.398 e. The Balaban J connectivity index is 2.93. The number of halogens is 1. The minimum atomic E-state index is -1.01. The molecule has 0 amide bonds. The molecule has 0 aromatic carbocycles. The lowest BCUT2D eigenvalue weighted by molar-refractivity contribution is 0.00578. The average molecular weight is 230 g/mol. The lowest BCUT2D eigenvalue weighted by Gasteiger charge is -2.32. The van der Waals surface area contributed by atoms with E-state index in [9.17, 15) is 9.50 Å². The molecular formula is C11H20BFO3. The smallest absolute Gasteiger partial charge is 0.398 e. The van der Waals surface area contributed by atoms with Crippen molar-refractivity contribution in [2.45, 2.75) is 58.8 Å². The van der Waals surface area contributed by atoms with Crippen molar-refractivity contribution in [1.29, 1.82) is 0 Å². The van der Waals surface area contributed by atoms with Gasteiger partial charge in [0.25, 0.3) is 0 Å². The van der Waals surface area contributed by atoms with Gasteiger partial charge in [-0.15, -0.1) is 0 Å². The highest BCUT2D eigenvalue weighted by Gasteiger charge is 2.53. The largest absolute Gasteiger partial charge is 0.525 e. The van der Waals surface area contributed by atoms with Crippen LogP contribution < -0.4 is 0 Å². The predicted molar refractivity (Wildman–Crippen MR) is 61.6 cm³/mol. The first kappa shape index (κ1) is 13.7. The van der Waals surface area contributed by atoms with Crippen LogP contribution in [0.25, 0.3) is 0 Å². The second-order valence-electron chi connectivity index (χ2n) is 5.30. The van der Waals surface area contributed by atoms with Crippen LogP contribution in [0.15, 0.2) is 11.3 Å². The van der Waals surface area contributed by atoms with E-state index in [-0.39, 0.29) is 5.57 Å². The van der Waals surface area contributed by atoms with E-state index in [2.05, 4.69) is 0 Å². The zero-order chi connectivity index (χ0) is 12.7. The van der Waals surface area contributed by atoms with Gasteiger partial charge in [0.05, 0.1) is 17.3 Å². The summed E-state index contributed by atoms with van der Waals surface area (Å²) in [5.74, 6) is 0. The Hall–Kier alpha value is -0.385. The quantitative estimate of drug-likeness (QED) is 0.739. The molecule has 92 valence electrons. The molecule has 3 nitrogen and oxygen atoms in total. The lowest BCUT2D eigenvalue weighted by atomic mass is 9.84. The summed E-state index contributed by atoms with van der Waals surface area (Å²) in [4.78, 5) is 0. The molecule has 0 saturated carbocycles. The maximum absolute atomic E-state index is 13.9. The van der Waals surface area contributed by atoms with Gasteiger partial charge in [-0.05, 0) is 47.1 Å². The molecular weight excluding hydrogens is 210 g/mol. The highest BCUT2D eigenvalue weighted by molar-refractivity contribution is 6.53. The van der Waals surface area contributed by atoms with E-state index >= 15 is 0 Å². The van der Waals surface area contributed by atoms with Gasteiger partial charge < -0.3 is 14.4 Å². The third-order valence-corrected chi connectivity index (χ3v) is 3.46. The Kier molecular flexibility index (Phi) is 3.53. The molecule has 0 spiro atoms.